The molecule has 0 saturated heterocycles. The van der Waals surface area contributed by atoms with Crippen molar-refractivity contribution in [1.29, 1.82) is 5.26 Å². The summed E-state index contributed by atoms with van der Waals surface area (Å²) in [5.74, 6) is 1.49. The van der Waals surface area contributed by atoms with E-state index in [1.54, 1.807) is 0 Å². The van der Waals surface area contributed by atoms with Crippen LogP contribution in [0.25, 0.3) is 0 Å². The summed E-state index contributed by atoms with van der Waals surface area (Å²) in [6.45, 7) is 4.41. The maximum Gasteiger partial charge on any atom is 0.176 e. The van der Waals surface area contributed by atoms with Crippen LogP contribution in [0.2, 0.25) is 0 Å². The van der Waals surface area contributed by atoms with Crippen molar-refractivity contribution < 1.29 is 0 Å². The lowest BCUT2D eigenvalue weighted by Crippen LogP contribution is -2.46. The molecule has 0 aromatic rings. The molecule has 0 aromatic heterocycles. The molecule has 1 saturated carbocycles. The Morgan fingerprint density at radius 3 is 2.56 bits per heavy atom. The number of rotatable bonds is 1. The highest BCUT2D eigenvalue weighted by atomic mass is 14.9. The van der Waals surface area contributed by atoms with Crippen molar-refractivity contribution in [3.63, 3.8) is 0 Å². The fraction of sp³-hybridized carbons (Fsp3) is 0.857. The molecule has 0 amide bonds. The minimum Gasteiger partial charge on any atom is -0.320 e. The first-order chi connectivity index (χ1) is 4.25. The number of hydrogen-bond acceptors (Lipinski definition) is 2. The maximum atomic E-state index is 8.24. The van der Waals surface area contributed by atoms with Crippen molar-refractivity contribution in [3.05, 3.63) is 0 Å². The van der Waals surface area contributed by atoms with Crippen molar-refractivity contribution >= 4 is 0 Å². The summed E-state index contributed by atoms with van der Waals surface area (Å²) in [5.41, 5.74) is 0. The zero-order valence-electron chi connectivity index (χ0n) is 5.89. The Morgan fingerprint density at radius 1 is 1.56 bits per heavy atom. The summed E-state index contributed by atoms with van der Waals surface area (Å²) in [6, 6.07) is 0.463. The fourth-order valence-electron chi connectivity index (χ4n) is 1.30. The first-order valence-electron chi connectivity index (χ1n) is 3.40. The molecule has 2 nitrogen and oxygen atoms in total. The Labute approximate surface area is 55.9 Å². The maximum absolute atomic E-state index is 8.24. The first-order valence-corrected chi connectivity index (χ1v) is 3.40. The Hall–Kier alpha value is -0.710. The van der Waals surface area contributed by atoms with Gasteiger partial charge in [0.05, 0.1) is 0 Å². The van der Waals surface area contributed by atoms with Crippen LogP contribution in [0.1, 0.15) is 20.3 Å². The Balaban J connectivity index is 2.27. The molecule has 0 bridgehead atoms. The second-order valence-electron chi connectivity index (χ2n) is 2.93. The van der Waals surface area contributed by atoms with Gasteiger partial charge in [-0.05, 0) is 18.3 Å². The minimum absolute atomic E-state index is 0.463. The van der Waals surface area contributed by atoms with Crippen molar-refractivity contribution in [1.82, 2.24) is 5.32 Å². The molecular weight excluding hydrogens is 112 g/mol. The van der Waals surface area contributed by atoms with E-state index >= 15 is 0 Å². The molecule has 1 aliphatic carbocycles. The van der Waals surface area contributed by atoms with Gasteiger partial charge in [-0.15, -0.1) is 0 Å². The smallest absolute Gasteiger partial charge is 0.176 e. The average molecular weight is 124 g/mol. The summed E-state index contributed by atoms with van der Waals surface area (Å²) in [4.78, 5) is 0. The van der Waals surface area contributed by atoms with Crippen LogP contribution in [0.3, 0.4) is 0 Å². The largest absolute Gasteiger partial charge is 0.320 e. The second kappa shape index (κ2) is 2.26. The predicted octanol–water partition coefficient (Wildman–Crippen LogP) is 1.10. The van der Waals surface area contributed by atoms with Crippen LogP contribution in [0, 0.1) is 23.3 Å². The van der Waals surface area contributed by atoms with Crippen LogP contribution in [0.15, 0.2) is 0 Å². The van der Waals surface area contributed by atoms with E-state index in [9.17, 15) is 0 Å². The fourth-order valence-corrected chi connectivity index (χ4v) is 1.30. The van der Waals surface area contributed by atoms with Crippen LogP contribution in [-0.2, 0) is 0 Å². The third-order valence-electron chi connectivity index (χ3n) is 2.41. The first kappa shape index (κ1) is 6.41. The summed E-state index contributed by atoms with van der Waals surface area (Å²) in [6.07, 6.45) is 3.13. The standard InChI is InChI=1S/C7H12N2/c1-5-3-7(6(5)2)9-4-8/h5-7,9H,3H2,1-2H3. The Bertz CT molecular complexity index is 136. The van der Waals surface area contributed by atoms with Gasteiger partial charge in [0.1, 0.15) is 0 Å². The van der Waals surface area contributed by atoms with Gasteiger partial charge in [-0.3, -0.25) is 0 Å². The number of hydrogen-bond donors (Lipinski definition) is 1. The lowest BCUT2D eigenvalue weighted by Gasteiger charge is -2.39. The Morgan fingerprint density at radius 2 is 2.22 bits per heavy atom. The summed E-state index contributed by atoms with van der Waals surface area (Å²) in [7, 11) is 0. The molecule has 0 heterocycles. The number of nitriles is 1. The van der Waals surface area contributed by atoms with E-state index in [-0.39, 0.29) is 0 Å². The van der Waals surface area contributed by atoms with E-state index < -0.39 is 0 Å². The van der Waals surface area contributed by atoms with Crippen molar-refractivity contribution in [2.75, 3.05) is 0 Å². The van der Waals surface area contributed by atoms with E-state index in [4.69, 9.17) is 5.26 Å². The molecule has 1 fully saturated rings. The highest BCUT2D eigenvalue weighted by molar-refractivity contribution is 4.92. The summed E-state index contributed by atoms with van der Waals surface area (Å²) < 4.78 is 0. The van der Waals surface area contributed by atoms with Crippen LogP contribution in [0.4, 0.5) is 0 Å². The van der Waals surface area contributed by atoms with Crippen molar-refractivity contribution in [2.24, 2.45) is 11.8 Å². The van der Waals surface area contributed by atoms with Gasteiger partial charge in [-0.2, -0.15) is 5.26 Å². The van der Waals surface area contributed by atoms with E-state index in [2.05, 4.69) is 19.2 Å². The van der Waals surface area contributed by atoms with Crippen molar-refractivity contribution in [2.45, 2.75) is 26.3 Å². The zero-order chi connectivity index (χ0) is 6.85. The second-order valence-corrected chi connectivity index (χ2v) is 2.93. The van der Waals surface area contributed by atoms with Gasteiger partial charge in [-0.25, -0.2) is 0 Å². The highest BCUT2D eigenvalue weighted by Gasteiger charge is 2.33. The number of nitrogens with one attached hydrogen (secondary N) is 1. The molecule has 3 atom stereocenters. The Kier molecular flexibility index (Phi) is 1.61. The summed E-state index contributed by atoms with van der Waals surface area (Å²) in [5, 5.41) is 11.0. The molecule has 0 aliphatic heterocycles. The average Bonchev–Trinajstić information content (AvgIpc) is 1.88. The van der Waals surface area contributed by atoms with E-state index in [1.165, 1.54) is 0 Å². The normalized spacial score (nSPS) is 40.8. The molecule has 0 radical (unpaired) electrons. The molecule has 0 spiro atoms. The SMILES string of the molecule is CC1CC(NC#N)C1C. The summed E-state index contributed by atoms with van der Waals surface area (Å²) >= 11 is 0. The van der Waals surface area contributed by atoms with Crippen LogP contribution < -0.4 is 5.32 Å². The van der Waals surface area contributed by atoms with Gasteiger partial charge in [0, 0.05) is 6.04 Å². The molecule has 50 valence electrons. The van der Waals surface area contributed by atoms with Gasteiger partial charge in [-0.1, -0.05) is 13.8 Å². The predicted molar refractivity (Wildman–Crippen MR) is 35.5 cm³/mol. The van der Waals surface area contributed by atoms with E-state index in [1.807, 2.05) is 6.19 Å². The molecule has 3 unspecified atom stereocenters. The molecule has 1 aliphatic rings. The van der Waals surface area contributed by atoms with E-state index in [0.29, 0.717) is 12.0 Å². The van der Waals surface area contributed by atoms with Gasteiger partial charge in [0.2, 0.25) is 0 Å². The minimum atomic E-state index is 0.463. The van der Waals surface area contributed by atoms with Gasteiger partial charge < -0.3 is 5.32 Å². The highest BCUT2D eigenvalue weighted by Crippen LogP contribution is 2.33. The van der Waals surface area contributed by atoms with Crippen LogP contribution in [0.5, 0.6) is 0 Å². The van der Waals surface area contributed by atoms with Crippen LogP contribution >= 0.6 is 0 Å². The monoisotopic (exact) mass is 124 g/mol. The lowest BCUT2D eigenvalue weighted by molar-refractivity contribution is 0.153. The zero-order valence-corrected chi connectivity index (χ0v) is 5.89. The molecular formula is C7H12N2. The third kappa shape index (κ3) is 0.999. The third-order valence-corrected chi connectivity index (χ3v) is 2.41. The topological polar surface area (TPSA) is 35.8 Å². The molecule has 2 heteroatoms. The van der Waals surface area contributed by atoms with Gasteiger partial charge >= 0.3 is 0 Å². The number of nitrogens with zero attached hydrogens (tertiary/aromatic N) is 1. The van der Waals surface area contributed by atoms with E-state index in [0.717, 1.165) is 12.3 Å². The molecule has 1 N–H and O–H groups in total. The molecule has 0 aromatic carbocycles. The quantitative estimate of drug-likeness (QED) is 0.419. The van der Waals surface area contributed by atoms with Gasteiger partial charge in [0.25, 0.3) is 0 Å². The van der Waals surface area contributed by atoms with Crippen LogP contribution in [-0.4, -0.2) is 6.04 Å². The van der Waals surface area contributed by atoms with Crippen molar-refractivity contribution in [3.8, 4) is 6.19 Å². The lowest BCUT2D eigenvalue weighted by atomic mass is 9.72. The molecule has 9 heavy (non-hydrogen) atoms. The molecule has 1 rings (SSSR count). The van der Waals surface area contributed by atoms with Gasteiger partial charge in [0.15, 0.2) is 6.19 Å².